The number of nitrogens with zero attached hydrogens (tertiary/aromatic N) is 1. The molecule has 4 aromatic rings. The molecule has 0 spiro atoms. The number of benzene rings is 3. The van der Waals surface area contributed by atoms with E-state index in [1.165, 1.54) is 0 Å². The van der Waals surface area contributed by atoms with Gasteiger partial charge in [-0.3, -0.25) is 4.79 Å². The van der Waals surface area contributed by atoms with Crippen molar-refractivity contribution < 1.29 is 9.21 Å². The van der Waals surface area contributed by atoms with Crippen LogP contribution in [0, 0.1) is 0 Å². The smallest absolute Gasteiger partial charge is 0.257 e. The molecule has 0 saturated heterocycles. The molecule has 1 amide bonds. The highest BCUT2D eigenvalue weighted by atomic mass is 35.5. The highest BCUT2D eigenvalue weighted by Crippen LogP contribution is 2.33. The molecule has 3 aromatic carbocycles. The Morgan fingerprint density at radius 1 is 0.926 bits per heavy atom. The fourth-order valence-electron chi connectivity index (χ4n) is 2.63. The first-order valence-corrected chi connectivity index (χ1v) is 9.06. The summed E-state index contributed by atoms with van der Waals surface area (Å²) in [7, 11) is 0. The molecule has 0 bridgehead atoms. The largest absolute Gasteiger partial charge is 0.436 e. The van der Waals surface area contributed by atoms with Crippen LogP contribution < -0.4 is 5.32 Å². The minimum absolute atomic E-state index is 0.304. The lowest BCUT2D eigenvalue weighted by Gasteiger charge is -2.06. The van der Waals surface area contributed by atoms with E-state index < -0.39 is 0 Å². The third kappa shape index (κ3) is 3.65. The number of amides is 1. The predicted molar refractivity (Wildman–Crippen MR) is 109 cm³/mol. The van der Waals surface area contributed by atoms with Gasteiger partial charge in [0.05, 0.1) is 21.2 Å². The zero-order chi connectivity index (χ0) is 19.0. The van der Waals surface area contributed by atoms with Crippen molar-refractivity contribution in [2.45, 2.75) is 0 Å². The van der Waals surface area contributed by atoms with Gasteiger partial charge in [-0.1, -0.05) is 46.9 Å². The van der Waals surface area contributed by atoms with Crippen molar-refractivity contribution in [2.24, 2.45) is 0 Å². The number of hydrogen-bond acceptors (Lipinski definition) is 3. The lowest BCUT2D eigenvalue weighted by Crippen LogP contribution is -2.12. The molecule has 0 saturated carbocycles. The van der Waals surface area contributed by atoms with Crippen LogP contribution in [0.15, 0.2) is 65.1 Å². The van der Waals surface area contributed by atoms with Gasteiger partial charge in [-0.2, -0.15) is 0 Å². The number of aromatic nitrogens is 1. The maximum absolute atomic E-state index is 12.4. The number of rotatable bonds is 3. The third-order valence-corrected chi connectivity index (χ3v) is 4.82. The van der Waals surface area contributed by atoms with E-state index in [4.69, 9.17) is 39.2 Å². The van der Waals surface area contributed by atoms with Crippen molar-refractivity contribution in [1.82, 2.24) is 4.98 Å². The second-order valence-electron chi connectivity index (χ2n) is 5.76. The zero-order valence-corrected chi connectivity index (χ0v) is 15.9. The van der Waals surface area contributed by atoms with E-state index in [9.17, 15) is 4.79 Å². The van der Waals surface area contributed by atoms with Gasteiger partial charge in [0.2, 0.25) is 5.89 Å². The molecule has 4 rings (SSSR count). The van der Waals surface area contributed by atoms with Gasteiger partial charge in [0.1, 0.15) is 5.52 Å². The van der Waals surface area contributed by atoms with Crippen LogP contribution in [-0.4, -0.2) is 10.9 Å². The van der Waals surface area contributed by atoms with Gasteiger partial charge in [-0.05, 0) is 48.5 Å². The SMILES string of the molecule is O=C(Nc1ccc2oc(-c3cc(Cl)ccc3Cl)nc2c1)c1ccccc1Cl. The number of fused-ring (bicyclic) bond motifs is 1. The van der Waals surface area contributed by atoms with E-state index in [0.29, 0.717) is 48.9 Å². The predicted octanol–water partition coefficient (Wildman–Crippen LogP) is 6.71. The Morgan fingerprint density at radius 2 is 1.74 bits per heavy atom. The van der Waals surface area contributed by atoms with Crippen LogP contribution in [0.25, 0.3) is 22.6 Å². The molecule has 0 aliphatic heterocycles. The van der Waals surface area contributed by atoms with Crippen molar-refractivity contribution in [3.05, 3.63) is 81.3 Å². The zero-order valence-electron chi connectivity index (χ0n) is 13.7. The van der Waals surface area contributed by atoms with Crippen molar-refractivity contribution in [3.63, 3.8) is 0 Å². The van der Waals surface area contributed by atoms with E-state index in [1.54, 1.807) is 60.7 Å². The number of oxazole rings is 1. The van der Waals surface area contributed by atoms with Crippen LogP contribution in [0.2, 0.25) is 15.1 Å². The molecule has 27 heavy (non-hydrogen) atoms. The first-order valence-electron chi connectivity index (χ1n) is 7.93. The van der Waals surface area contributed by atoms with Crippen molar-refractivity contribution >= 4 is 57.5 Å². The summed E-state index contributed by atoms with van der Waals surface area (Å²) in [5, 5.41) is 4.21. The highest BCUT2D eigenvalue weighted by Gasteiger charge is 2.14. The minimum Gasteiger partial charge on any atom is -0.436 e. The monoisotopic (exact) mass is 416 g/mol. The molecule has 0 unspecified atom stereocenters. The maximum Gasteiger partial charge on any atom is 0.257 e. The molecule has 0 atom stereocenters. The van der Waals surface area contributed by atoms with Gasteiger partial charge in [-0.15, -0.1) is 0 Å². The van der Waals surface area contributed by atoms with E-state index >= 15 is 0 Å². The summed E-state index contributed by atoms with van der Waals surface area (Å²) in [6.45, 7) is 0. The van der Waals surface area contributed by atoms with Gasteiger partial charge in [0.15, 0.2) is 5.58 Å². The van der Waals surface area contributed by atoms with E-state index in [1.807, 2.05) is 0 Å². The summed E-state index contributed by atoms with van der Waals surface area (Å²) in [5.41, 5.74) is 2.71. The summed E-state index contributed by atoms with van der Waals surface area (Å²) in [5.74, 6) is 0.0497. The normalized spacial score (nSPS) is 10.9. The van der Waals surface area contributed by atoms with Crippen LogP contribution in [0.4, 0.5) is 5.69 Å². The van der Waals surface area contributed by atoms with Crippen LogP contribution in [0.3, 0.4) is 0 Å². The Labute approximate surface area is 169 Å². The molecule has 0 fully saturated rings. The average molecular weight is 418 g/mol. The molecule has 1 N–H and O–H groups in total. The summed E-state index contributed by atoms with van der Waals surface area (Å²) in [6.07, 6.45) is 0. The van der Waals surface area contributed by atoms with E-state index in [0.717, 1.165) is 0 Å². The quantitative estimate of drug-likeness (QED) is 0.403. The Bertz CT molecular complexity index is 1170. The Kier molecular flexibility index (Phi) is 4.79. The van der Waals surface area contributed by atoms with E-state index in [2.05, 4.69) is 10.3 Å². The fourth-order valence-corrected chi connectivity index (χ4v) is 3.22. The summed E-state index contributed by atoms with van der Waals surface area (Å²) >= 11 is 18.3. The number of hydrogen-bond donors (Lipinski definition) is 1. The van der Waals surface area contributed by atoms with Crippen LogP contribution in [-0.2, 0) is 0 Å². The van der Waals surface area contributed by atoms with Crippen LogP contribution in [0.5, 0.6) is 0 Å². The first kappa shape index (κ1) is 17.9. The number of anilines is 1. The van der Waals surface area contributed by atoms with Gasteiger partial charge in [0, 0.05) is 10.7 Å². The molecule has 0 aliphatic carbocycles. The first-order chi connectivity index (χ1) is 13.0. The number of carbonyl (C=O) groups is 1. The van der Waals surface area contributed by atoms with Crippen molar-refractivity contribution in [1.29, 1.82) is 0 Å². The molecule has 7 heteroatoms. The highest BCUT2D eigenvalue weighted by molar-refractivity contribution is 6.35. The summed E-state index contributed by atoms with van der Waals surface area (Å²) in [4.78, 5) is 16.9. The summed E-state index contributed by atoms with van der Waals surface area (Å²) in [6, 6.07) is 17.1. The molecule has 134 valence electrons. The van der Waals surface area contributed by atoms with E-state index in [-0.39, 0.29) is 5.91 Å². The second kappa shape index (κ2) is 7.24. The molecule has 1 heterocycles. The molecule has 0 aliphatic rings. The Balaban J connectivity index is 1.66. The third-order valence-electron chi connectivity index (χ3n) is 3.92. The Hall–Kier alpha value is -2.53. The lowest BCUT2D eigenvalue weighted by atomic mass is 10.2. The molecule has 4 nitrogen and oxygen atoms in total. The maximum atomic E-state index is 12.4. The van der Waals surface area contributed by atoms with Gasteiger partial charge < -0.3 is 9.73 Å². The van der Waals surface area contributed by atoms with Gasteiger partial charge in [-0.25, -0.2) is 4.98 Å². The van der Waals surface area contributed by atoms with Gasteiger partial charge >= 0.3 is 0 Å². The summed E-state index contributed by atoms with van der Waals surface area (Å²) < 4.78 is 5.77. The Morgan fingerprint density at radius 3 is 2.56 bits per heavy atom. The standard InChI is InChI=1S/C20H11Cl3N2O2/c21-11-5-7-16(23)14(9-11)20-25-17-10-12(6-8-18(17)27-20)24-19(26)13-3-1-2-4-15(13)22/h1-10H,(H,24,26). The van der Waals surface area contributed by atoms with Crippen LogP contribution >= 0.6 is 34.8 Å². The molecular weight excluding hydrogens is 407 g/mol. The van der Waals surface area contributed by atoms with Crippen LogP contribution in [0.1, 0.15) is 10.4 Å². The minimum atomic E-state index is -0.304. The lowest BCUT2D eigenvalue weighted by molar-refractivity contribution is 0.102. The van der Waals surface area contributed by atoms with Crippen molar-refractivity contribution in [3.8, 4) is 11.5 Å². The molecule has 1 aromatic heterocycles. The number of carbonyl (C=O) groups excluding carboxylic acids is 1. The van der Waals surface area contributed by atoms with Crippen molar-refractivity contribution in [2.75, 3.05) is 5.32 Å². The van der Waals surface area contributed by atoms with Gasteiger partial charge in [0.25, 0.3) is 5.91 Å². The number of nitrogens with one attached hydrogen (secondary N) is 1. The molecule has 0 radical (unpaired) electrons. The fraction of sp³-hybridized carbons (Fsp3) is 0. The average Bonchev–Trinajstić information content (AvgIpc) is 3.07. The number of halogens is 3. The second-order valence-corrected chi connectivity index (χ2v) is 7.01. The topological polar surface area (TPSA) is 55.1 Å². The molecular formula is C20H11Cl3N2O2.